The fourth-order valence-electron chi connectivity index (χ4n) is 2.43. The second kappa shape index (κ2) is 6.18. The number of ether oxygens (including phenoxy) is 1. The number of nitrogens with one attached hydrogen (secondary N) is 1. The van der Waals surface area contributed by atoms with Gasteiger partial charge in [-0.3, -0.25) is 9.59 Å². The van der Waals surface area contributed by atoms with Crippen LogP contribution in [0.15, 0.2) is 0 Å². The van der Waals surface area contributed by atoms with E-state index in [1.165, 1.54) is 0 Å². The maximum atomic E-state index is 12.2. The number of carbonyl (C=O) groups is 2. The summed E-state index contributed by atoms with van der Waals surface area (Å²) in [4.78, 5) is 25.9. The van der Waals surface area contributed by atoms with Gasteiger partial charge in [0.25, 0.3) is 0 Å². The van der Waals surface area contributed by atoms with E-state index in [4.69, 9.17) is 4.74 Å². The van der Waals surface area contributed by atoms with Gasteiger partial charge in [0, 0.05) is 13.7 Å². The minimum atomic E-state index is -0.428. The van der Waals surface area contributed by atoms with Crippen molar-refractivity contribution in [2.24, 2.45) is 11.8 Å². The van der Waals surface area contributed by atoms with Crippen molar-refractivity contribution in [3.8, 4) is 0 Å². The van der Waals surface area contributed by atoms with Gasteiger partial charge in [-0.25, -0.2) is 0 Å². The van der Waals surface area contributed by atoms with Crippen LogP contribution in [0.3, 0.4) is 0 Å². The summed E-state index contributed by atoms with van der Waals surface area (Å²) in [6, 6.07) is -0.796. The number of nitrogens with zero attached hydrogens (tertiary/aromatic N) is 1. The Kier molecular flexibility index (Phi) is 5.14. The third kappa shape index (κ3) is 3.22. The van der Waals surface area contributed by atoms with E-state index < -0.39 is 6.04 Å². The first-order chi connectivity index (χ1) is 8.38. The monoisotopic (exact) mass is 256 g/mol. The summed E-state index contributed by atoms with van der Waals surface area (Å²) >= 11 is 0. The molecule has 2 amide bonds. The van der Waals surface area contributed by atoms with Crippen LogP contribution in [-0.4, -0.2) is 49.1 Å². The highest BCUT2D eigenvalue weighted by molar-refractivity contribution is 5.96. The Balaban J connectivity index is 2.85. The van der Waals surface area contributed by atoms with Crippen LogP contribution in [0.5, 0.6) is 0 Å². The Morgan fingerprint density at radius 1 is 1.33 bits per heavy atom. The van der Waals surface area contributed by atoms with Crippen molar-refractivity contribution in [2.45, 2.75) is 39.8 Å². The highest BCUT2D eigenvalue weighted by Gasteiger charge is 2.40. The van der Waals surface area contributed by atoms with Gasteiger partial charge in [0.15, 0.2) is 0 Å². The largest absolute Gasteiger partial charge is 0.384 e. The van der Waals surface area contributed by atoms with Crippen LogP contribution >= 0.6 is 0 Å². The molecule has 1 rings (SSSR count). The molecule has 1 N–H and O–H groups in total. The summed E-state index contributed by atoms with van der Waals surface area (Å²) in [5, 5.41) is 2.73. The van der Waals surface area contributed by atoms with E-state index in [-0.39, 0.29) is 29.7 Å². The zero-order chi connectivity index (χ0) is 13.9. The van der Waals surface area contributed by atoms with Crippen LogP contribution in [0.25, 0.3) is 0 Å². The van der Waals surface area contributed by atoms with E-state index in [9.17, 15) is 9.59 Å². The Bertz CT molecular complexity index is 317. The first-order valence-corrected chi connectivity index (χ1v) is 6.48. The molecule has 0 bridgehead atoms. The zero-order valence-electron chi connectivity index (χ0n) is 11.9. The molecule has 1 aliphatic heterocycles. The lowest BCUT2D eigenvalue weighted by Gasteiger charge is -2.41. The number of carbonyl (C=O) groups excluding carboxylic acids is 2. The van der Waals surface area contributed by atoms with Crippen molar-refractivity contribution in [3.63, 3.8) is 0 Å². The minimum Gasteiger partial charge on any atom is -0.384 e. The Hall–Kier alpha value is -1.10. The Morgan fingerprint density at radius 2 is 1.94 bits per heavy atom. The molecule has 0 saturated carbocycles. The molecule has 5 nitrogen and oxygen atoms in total. The van der Waals surface area contributed by atoms with Gasteiger partial charge in [0.2, 0.25) is 11.8 Å². The van der Waals surface area contributed by atoms with Crippen LogP contribution in [0.1, 0.15) is 27.7 Å². The van der Waals surface area contributed by atoms with Crippen LogP contribution in [0.2, 0.25) is 0 Å². The average Bonchev–Trinajstić information content (AvgIpc) is 2.25. The molecule has 18 heavy (non-hydrogen) atoms. The molecule has 0 aromatic carbocycles. The smallest absolute Gasteiger partial charge is 0.245 e. The molecule has 3 unspecified atom stereocenters. The third-order valence-electron chi connectivity index (χ3n) is 3.21. The second-order valence-corrected chi connectivity index (χ2v) is 5.47. The van der Waals surface area contributed by atoms with Crippen LogP contribution in [-0.2, 0) is 14.3 Å². The molecule has 0 radical (unpaired) electrons. The lowest BCUT2D eigenvalue weighted by atomic mass is 9.96. The van der Waals surface area contributed by atoms with Crippen molar-refractivity contribution >= 4 is 11.8 Å². The molecule has 0 aromatic heterocycles. The average molecular weight is 256 g/mol. The lowest BCUT2D eigenvalue weighted by Crippen LogP contribution is -2.64. The molecule has 0 spiro atoms. The van der Waals surface area contributed by atoms with Gasteiger partial charge in [-0.05, 0) is 18.8 Å². The molecule has 0 aromatic rings. The van der Waals surface area contributed by atoms with Gasteiger partial charge in [0.1, 0.15) is 12.1 Å². The molecule has 0 aliphatic carbocycles. The molecule has 1 aliphatic rings. The fraction of sp³-hybridized carbons (Fsp3) is 0.846. The maximum absolute atomic E-state index is 12.2. The topological polar surface area (TPSA) is 58.6 Å². The van der Waals surface area contributed by atoms with Crippen molar-refractivity contribution in [1.29, 1.82) is 0 Å². The normalized spacial score (nSPS) is 26.4. The van der Waals surface area contributed by atoms with Gasteiger partial charge >= 0.3 is 0 Å². The molecule has 1 fully saturated rings. The van der Waals surface area contributed by atoms with Gasteiger partial charge in [0.05, 0.1) is 6.61 Å². The number of rotatable bonds is 5. The standard InChI is InChI=1S/C13H24N2O3/c1-8(2)11-12(16)14-10(4)13(17)15(11)6-9(3)7-18-5/h8-11H,6-7H2,1-5H3,(H,14,16). The van der Waals surface area contributed by atoms with Crippen molar-refractivity contribution in [1.82, 2.24) is 10.2 Å². The predicted molar refractivity (Wildman–Crippen MR) is 69.0 cm³/mol. The summed E-state index contributed by atoms with van der Waals surface area (Å²) in [7, 11) is 1.64. The minimum absolute atomic E-state index is 0.00347. The Labute approximate surface area is 109 Å². The summed E-state index contributed by atoms with van der Waals surface area (Å²) in [6.45, 7) is 8.82. The predicted octanol–water partition coefficient (Wildman–Crippen LogP) is 0.640. The Morgan fingerprint density at radius 3 is 2.44 bits per heavy atom. The zero-order valence-corrected chi connectivity index (χ0v) is 11.9. The summed E-state index contributed by atoms with van der Waals surface area (Å²) < 4.78 is 5.09. The highest BCUT2D eigenvalue weighted by Crippen LogP contribution is 2.19. The van der Waals surface area contributed by atoms with Crippen molar-refractivity contribution < 1.29 is 14.3 Å². The van der Waals surface area contributed by atoms with E-state index in [1.54, 1.807) is 18.9 Å². The van der Waals surface area contributed by atoms with Gasteiger partial charge in [-0.15, -0.1) is 0 Å². The number of hydrogen-bond acceptors (Lipinski definition) is 3. The molecule has 5 heteroatoms. The van der Waals surface area contributed by atoms with Gasteiger partial charge in [-0.1, -0.05) is 20.8 Å². The quantitative estimate of drug-likeness (QED) is 0.785. The molecular formula is C13H24N2O3. The van der Waals surface area contributed by atoms with Crippen LogP contribution < -0.4 is 5.32 Å². The van der Waals surface area contributed by atoms with E-state index >= 15 is 0 Å². The lowest BCUT2D eigenvalue weighted by molar-refractivity contribution is -0.151. The summed E-state index contributed by atoms with van der Waals surface area (Å²) in [5.41, 5.74) is 0. The summed E-state index contributed by atoms with van der Waals surface area (Å²) in [6.07, 6.45) is 0. The fourth-order valence-corrected chi connectivity index (χ4v) is 2.43. The van der Waals surface area contributed by atoms with E-state index in [2.05, 4.69) is 5.32 Å². The van der Waals surface area contributed by atoms with Gasteiger partial charge in [-0.2, -0.15) is 0 Å². The van der Waals surface area contributed by atoms with E-state index in [0.29, 0.717) is 13.2 Å². The number of piperazine rings is 1. The van der Waals surface area contributed by atoms with Crippen molar-refractivity contribution in [3.05, 3.63) is 0 Å². The first kappa shape index (κ1) is 15.0. The molecule has 1 heterocycles. The summed E-state index contributed by atoms with van der Waals surface area (Å²) in [5.74, 6) is 0.271. The molecule has 104 valence electrons. The number of methoxy groups -OCH3 is 1. The molecule has 1 saturated heterocycles. The van der Waals surface area contributed by atoms with Crippen LogP contribution in [0, 0.1) is 11.8 Å². The van der Waals surface area contributed by atoms with E-state index in [1.807, 2.05) is 20.8 Å². The highest BCUT2D eigenvalue weighted by atomic mass is 16.5. The number of hydrogen-bond donors (Lipinski definition) is 1. The van der Waals surface area contributed by atoms with Gasteiger partial charge < -0.3 is 15.0 Å². The molecule has 3 atom stereocenters. The first-order valence-electron chi connectivity index (χ1n) is 6.48. The van der Waals surface area contributed by atoms with Crippen molar-refractivity contribution in [2.75, 3.05) is 20.3 Å². The van der Waals surface area contributed by atoms with Crippen LogP contribution in [0.4, 0.5) is 0 Å². The molecular weight excluding hydrogens is 232 g/mol. The number of amides is 2. The SMILES string of the molecule is COCC(C)CN1C(=O)C(C)NC(=O)C1C(C)C. The maximum Gasteiger partial charge on any atom is 0.245 e. The van der Waals surface area contributed by atoms with E-state index in [0.717, 1.165) is 0 Å². The second-order valence-electron chi connectivity index (χ2n) is 5.47. The third-order valence-corrected chi connectivity index (χ3v) is 3.21.